The number of methoxy groups -OCH3 is 1. The molecule has 0 radical (unpaired) electrons. The molecule has 0 amide bonds. The number of aromatic carboxylic acids is 1. The molecule has 0 bridgehead atoms. The van der Waals surface area contributed by atoms with Crippen LogP contribution in [0.25, 0.3) is 22.0 Å². The summed E-state index contributed by atoms with van der Waals surface area (Å²) >= 11 is 0. The number of ether oxygens (including phenoxy) is 1. The number of hydrogen-bond acceptors (Lipinski definition) is 4. The minimum absolute atomic E-state index is 0.0268. The van der Waals surface area contributed by atoms with Crippen LogP contribution in [0.3, 0.4) is 0 Å². The number of carbonyl (C=O) groups is 1. The van der Waals surface area contributed by atoms with Crippen molar-refractivity contribution < 1.29 is 19.0 Å². The molecule has 156 valence electrons. The zero-order chi connectivity index (χ0) is 21.2. The Morgan fingerprint density at radius 3 is 2.70 bits per heavy atom. The highest BCUT2D eigenvalue weighted by Crippen LogP contribution is 2.44. The number of pyridine rings is 1. The number of hydrogen-bond donors (Lipinski definition) is 2. The second-order valence-electron chi connectivity index (χ2n) is 8.00. The van der Waals surface area contributed by atoms with E-state index in [9.17, 15) is 14.7 Å². The SMILES string of the molecule is COc1c(-c2cc3n(c2)CCN[C@H]3C)c(F)cc2c(=O)c(C(=O)O)cn(C3CC3)c12. The summed E-state index contributed by atoms with van der Waals surface area (Å²) in [6.45, 7) is 3.67. The average molecular weight is 411 g/mol. The van der Waals surface area contributed by atoms with E-state index in [1.54, 1.807) is 4.57 Å². The Balaban J connectivity index is 1.84. The van der Waals surface area contributed by atoms with E-state index < -0.39 is 17.2 Å². The number of aromatic nitrogens is 2. The number of benzene rings is 1. The maximum absolute atomic E-state index is 15.4. The Hall–Kier alpha value is -3.13. The van der Waals surface area contributed by atoms with Crippen LogP contribution in [-0.4, -0.2) is 33.9 Å². The predicted molar refractivity (Wildman–Crippen MR) is 110 cm³/mol. The lowest BCUT2D eigenvalue weighted by Crippen LogP contribution is -2.30. The second kappa shape index (κ2) is 6.70. The molecule has 3 aromatic rings. The van der Waals surface area contributed by atoms with E-state index in [0.29, 0.717) is 11.1 Å². The maximum atomic E-state index is 15.4. The molecule has 2 N–H and O–H groups in total. The quantitative estimate of drug-likeness (QED) is 0.688. The van der Waals surface area contributed by atoms with Gasteiger partial charge in [0.1, 0.15) is 11.4 Å². The number of rotatable bonds is 4. The predicted octanol–water partition coefficient (Wildman–Crippen LogP) is 3.32. The van der Waals surface area contributed by atoms with Gasteiger partial charge in [-0.1, -0.05) is 0 Å². The van der Waals surface area contributed by atoms with Crippen molar-refractivity contribution in [2.45, 2.75) is 38.4 Å². The van der Waals surface area contributed by atoms with Gasteiger partial charge in [0.05, 0.1) is 23.6 Å². The van der Waals surface area contributed by atoms with Crippen LogP contribution < -0.4 is 15.5 Å². The Morgan fingerprint density at radius 1 is 1.30 bits per heavy atom. The molecule has 8 heteroatoms. The number of carboxylic acid groups (broad SMARTS) is 1. The van der Waals surface area contributed by atoms with Crippen molar-refractivity contribution in [3.63, 3.8) is 0 Å². The summed E-state index contributed by atoms with van der Waals surface area (Å²) in [6.07, 6.45) is 5.02. The van der Waals surface area contributed by atoms with Gasteiger partial charge in [0.15, 0.2) is 5.75 Å². The van der Waals surface area contributed by atoms with Crippen molar-refractivity contribution >= 4 is 16.9 Å². The highest BCUT2D eigenvalue weighted by Gasteiger charge is 2.31. The van der Waals surface area contributed by atoms with E-state index in [-0.39, 0.29) is 34.3 Å². The fourth-order valence-corrected chi connectivity index (χ4v) is 4.45. The molecule has 1 aliphatic heterocycles. The van der Waals surface area contributed by atoms with Crippen molar-refractivity contribution in [3.05, 3.63) is 51.8 Å². The lowest BCUT2D eigenvalue weighted by Gasteiger charge is -2.22. The lowest BCUT2D eigenvalue weighted by molar-refractivity contribution is 0.0695. The monoisotopic (exact) mass is 411 g/mol. The van der Waals surface area contributed by atoms with Crippen LogP contribution in [0.4, 0.5) is 4.39 Å². The highest BCUT2D eigenvalue weighted by atomic mass is 19.1. The molecule has 30 heavy (non-hydrogen) atoms. The summed E-state index contributed by atoms with van der Waals surface area (Å²) in [5, 5.41) is 12.9. The van der Waals surface area contributed by atoms with E-state index in [1.165, 1.54) is 13.3 Å². The minimum atomic E-state index is -1.32. The summed E-state index contributed by atoms with van der Waals surface area (Å²) in [5.74, 6) is -1.67. The van der Waals surface area contributed by atoms with E-state index in [4.69, 9.17) is 4.74 Å². The van der Waals surface area contributed by atoms with E-state index in [0.717, 1.165) is 37.7 Å². The zero-order valence-electron chi connectivity index (χ0n) is 16.7. The summed E-state index contributed by atoms with van der Waals surface area (Å²) in [7, 11) is 1.45. The summed E-state index contributed by atoms with van der Waals surface area (Å²) in [5.41, 5.74) is 1.40. The molecule has 1 atom stereocenters. The van der Waals surface area contributed by atoms with Crippen LogP contribution >= 0.6 is 0 Å². The van der Waals surface area contributed by atoms with Gasteiger partial charge in [0.25, 0.3) is 0 Å². The fourth-order valence-electron chi connectivity index (χ4n) is 4.45. The molecule has 1 fully saturated rings. The van der Waals surface area contributed by atoms with Gasteiger partial charge in [-0.05, 0) is 31.9 Å². The third-order valence-corrected chi connectivity index (χ3v) is 6.06. The van der Waals surface area contributed by atoms with Gasteiger partial charge < -0.3 is 24.3 Å². The number of carboxylic acids is 1. The van der Waals surface area contributed by atoms with Gasteiger partial charge >= 0.3 is 5.97 Å². The first-order valence-electron chi connectivity index (χ1n) is 10.0. The molecule has 0 unspecified atom stereocenters. The molecule has 1 aliphatic carbocycles. The standard InChI is InChI=1S/C22H22FN3O4/c1-11-17-7-12(9-25(17)6-5-24-11)18-16(23)8-14-19(21(18)30-2)26(13-3-4-13)10-15(20(14)27)22(28)29/h7-11,13,24H,3-6H2,1-2H3,(H,28,29)/t11-/m0/s1. The first-order chi connectivity index (χ1) is 14.4. The van der Waals surface area contributed by atoms with Crippen LogP contribution in [0.15, 0.2) is 29.3 Å². The normalized spacial score (nSPS) is 18.4. The molecule has 2 aliphatic rings. The number of fused-ring (bicyclic) bond motifs is 2. The summed E-state index contributed by atoms with van der Waals surface area (Å²) < 4.78 is 24.9. The van der Waals surface area contributed by atoms with Gasteiger partial charge in [-0.15, -0.1) is 0 Å². The maximum Gasteiger partial charge on any atom is 0.341 e. The van der Waals surface area contributed by atoms with E-state index in [2.05, 4.69) is 16.8 Å². The second-order valence-corrected chi connectivity index (χ2v) is 8.00. The molecular weight excluding hydrogens is 389 g/mol. The van der Waals surface area contributed by atoms with Gasteiger partial charge in [-0.25, -0.2) is 9.18 Å². The number of halogens is 1. The topological polar surface area (TPSA) is 85.5 Å². The van der Waals surface area contributed by atoms with Crippen LogP contribution in [0.5, 0.6) is 5.75 Å². The van der Waals surface area contributed by atoms with Crippen LogP contribution in [0.1, 0.15) is 47.9 Å². The largest absolute Gasteiger partial charge is 0.494 e. The molecule has 1 saturated carbocycles. The lowest BCUT2D eigenvalue weighted by atomic mass is 10.0. The van der Waals surface area contributed by atoms with Crippen molar-refractivity contribution in [1.29, 1.82) is 0 Å². The molecule has 0 saturated heterocycles. The van der Waals surface area contributed by atoms with Crippen molar-refractivity contribution in [3.8, 4) is 16.9 Å². The Labute approximate surface area is 171 Å². The fraction of sp³-hybridized carbons (Fsp3) is 0.364. The summed E-state index contributed by atoms with van der Waals surface area (Å²) in [4.78, 5) is 24.4. The third kappa shape index (κ3) is 2.74. The Morgan fingerprint density at radius 2 is 2.07 bits per heavy atom. The van der Waals surface area contributed by atoms with E-state index in [1.807, 2.05) is 12.3 Å². The van der Waals surface area contributed by atoms with Crippen molar-refractivity contribution in [2.24, 2.45) is 0 Å². The molecule has 0 spiro atoms. The molecule has 3 heterocycles. The first kappa shape index (κ1) is 18.9. The smallest absolute Gasteiger partial charge is 0.341 e. The molecule has 5 rings (SSSR count). The van der Waals surface area contributed by atoms with Gasteiger partial charge in [0.2, 0.25) is 5.43 Å². The van der Waals surface area contributed by atoms with Crippen LogP contribution in [0.2, 0.25) is 0 Å². The molecule has 7 nitrogen and oxygen atoms in total. The molecule has 2 aromatic heterocycles. The Bertz CT molecular complexity index is 1260. The Kier molecular flexibility index (Phi) is 4.21. The van der Waals surface area contributed by atoms with Gasteiger partial charge in [-0.3, -0.25) is 4.79 Å². The van der Waals surface area contributed by atoms with Crippen LogP contribution in [0, 0.1) is 5.82 Å². The van der Waals surface area contributed by atoms with Crippen LogP contribution in [-0.2, 0) is 6.54 Å². The molecular formula is C22H22FN3O4. The number of nitrogens with zero attached hydrogens (tertiary/aromatic N) is 2. The number of nitrogens with one attached hydrogen (secondary N) is 1. The highest BCUT2D eigenvalue weighted by molar-refractivity contribution is 5.98. The zero-order valence-corrected chi connectivity index (χ0v) is 16.7. The van der Waals surface area contributed by atoms with Gasteiger partial charge in [0, 0.05) is 48.8 Å². The summed E-state index contributed by atoms with van der Waals surface area (Å²) in [6, 6.07) is 3.31. The average Bonchev–Trinajstić information content (AvgIpc) is 3.46. The third-order valence-electron chi connectivity index (χ3n) is 6.06. The van der Waals surface area contributed by atoms with E-state index >= 15 is 4.39 Å². The van der Waals surface area contributed by atoms with Crippen molar-refractivity contribution in [1.82, 2.24) is 14.5 Å². The van der Waals surface area contributed by atoms with Gasteiger partial charge in [-0.2, -0.15) is 0 Å². The first-order valence-corrected chi connectivity index (χ1v) is 10.0. The molecule has 1 aromatic carbocycles. The minimum Gasteiger partial charge on any atom is -0.494 e. The van der Waals surface area contributed by atoms with Crippen molar-refractivity contribution in [2.75, 3.05) is 13.7 Å².